The normalized spacial score (nSPS) is 10.7. The smallest absolute Gasteiger partial charge is 0.137 e. The van der Waals surface area contributed by atoms with Crippen LogP contribution in [-0.4, -0.2) is 13.7 Å². The van der Waals surface area contributed by atoms with Crippen LogP contribution in [0.5, 0.6) is 5.75 Å². The lowest BCUT2D eigenvalue weighted by atomic mass is 10.2. The van der Waals surface area contributed by atoms with Gasteiger partial charge in [-0.15, -0.1) is 0 Å². The molecule has 0 aliphatic heterocycles. The summed E-state index contributed by atoms with van der Waals surface area (Å²) in [5, 5.41) is 10.7. The van der Waals surface area contributed by atoms with E-state index in [4.69, 9.17) is 16.3 Å². The van der Waals surface area contributed by atoms with Crippen LogP contribution in [0.2, 0.25) is 5.02 Å². The predicted molar refractivity (Wildman–Crippen MR) is 52.6 cm³/mol. The Morgan fingerprint density at radius 2 is 2.31 bits per heavy atom. The van der Waals surface area contributed by atoms with Gasteiger partial charge in [0.05, 0.1) is 12.1 Å². The molecule has 0 amide bonds. The molecule has 0 aliphatic rings. The summed E-state index contributed by atoms with van der Waals surface area (Å²) in [5.74, 6) is 0.640. The van der Waals surface area contributed by atoms with Gasteiger partial charge in [0.1, 0.15) is 12.4 Å². The Morgan fingerprint density at radius 1 is 1.54 bits per heavy atom. The van der Waals surface area contributed by atoms with Crippen LogP contribution < -0.4 is 4.74 Å². The second-order valence-corrected chi connectivity index (χ2v) is 2.87. The number of halogens is 1. The van der Waals surface area contributed by atoms with Crippen LogP contribution >= 0.6 is 11.6 Å². The van der Waals surface area contributed by atoms with E-state index in [1.807, 2.05) is 6.07 Å². The van der Waals surface area contributed by atoms with Gasteiger partial charge in [0.2, 0.25) is 0 Å². The molecule has 0 heterocycles. The first-order valence-electron chi connectivity index (χ1n) is 3.86. The second kappa shape index (κ2) is 4.90. The lowest BCUT2D eigenvalue weighted by Crippen LogP contribution is -1.84. The molecular formula is C10H10ClO2. The van der Waals surface area contributed by atoms with Gasteiger partial charge >= 0.3 is 0 Å². The topological polar surface area (TPSA) is 29.1 Å². The SMILES string of the molecule is COc1ccc(/C=C/C[O])cc1Cl. The Kier molecular flexibility index (Phi) is 3.80. The first-order valence-corrected chi connectivity index (χ1v) is 4.24. The van der Waals surface area contributed by atoms with Gasteiger partial charge < -0.3 is 4.74 Å². The molecule has 0 bridgehead atoms. The molecule has 0 saturated carbocycles. The molecule has 0 spiro atoms. The van der Waals surface area contributed by atoms with E-state index < -0.39 is 0 Å². The average molecular weight is 198 g/mol. The minimum atomic E-state index is -0.219. The van der Waals surface area contributed by atoms with Crippen molar-refractivity contribution >= 4 is 17.7 Å². The molecule has 2 nitrogen and oxygen atoms in total. The summed E-state index contributed by atoms with van der Waals surface area (Å²) < 4.78 is 4.99. The van der Waals surface area contributed by atoms with E-state index >= 15 is 0 Å². The van der Waals surface area contributed by atoms with E-state index in [9.17, 15) is 5.11 Å². The van der Waals surface area contributed by atoms with Crippen molar-refractivity contribution in [2.75, 3.05) is 13.7 Å². The lowest BCUT2D eigenvalue weighted by molar-refractivity contribution is 0.233. The highest BCUT2D eigenvalue weighted by molar-refractivity contribution is 6.32. The standard InChI is InChI=1S/C10H10ClO2/c1-13-10-5-4-8(3-2-6-12)7-9(10)11/h2-5,7H,6H2,1H3/b3-2+. The molecule has 1 aromatic carbocycles. The fraction of sp³-hybridized carbons (Fsp3) is 0.200. The van der Waals surface area contributed by atoms with Crippen molar-refractivity contribution in [1.82, 2.24) is 0 Å². The maximum absolute atomic E-state index is 10.2. The van der Waals surface area contributed by atoms with Gasteiger partial charge in [0.15, 0.2) is 0 Å². The van der Waals surface area contributed by atoms with Crippen LogP contribution in [0, 0.1) is 0 Å². The summed E-state index contributed by atoms with van der Waals surface area (Å²) in [6.45, 7) is -0.219. The zero-order valence-electron chi connectivity index (χ0n) is 7.29. The third-order valence-corrected chi connectivity index (χ3v) is 1.88. The summed E-state index contributed by atoms with van der Waals surface area (Å²) >= 11 is 5.87. The Balaban J connectivity index is 2.89. The molecule has 0 N–H and O–H groups in total. The largest absolute Gasteiger partial charge is 0.495 e. The molecule has 0 atom stereocenters. The molecule has 69 valence electrons. The van der Waals surface area contributed by atoms with Crippen molar-refractivity contribution in [3.63, 3.8) is 0 Å². The third kappa shape index (κ3) is 2.76. The van der Waals surface area contributed by atoms with Crippen molar-refractivity contribution in [2.24, 2.45) is 0 Å². The Bertz CT molecular complexity index is 308. The van der Waals surface area contributed by atoms with Crippen molar-refractivity contribution in [1.29, 1.82) is 0 Å². The van der Waals surface area contributed by atoms with E-state index in [2.05, 4.69) is 0 Å². The van der Waals surface area contributed by atoms with E-state index in [0.717, 1.165) is 5.56 Å². The van der Waals surface area contributed by atoms with Crippen molar-refractivity contribution in [2.45, 2.75) is 0 Å². The monoisotopic (exact) mass is 197 g/mol. The first kappa shape index (κ1) is 10.1. The molecular weight excluding hydrogens is 188 g/mol. The fourth-order valence-electron chi connectivity index (χ4n) is 0.970. The van der Waals surface area contributed by atoms with Crippen LogP contribution in [0.1, 0.15) is 5.56 Å². The summed E-state index contributed by atoms with van der Waals surface area (Å²) in [5.41, 5.74) is 0.904. The maximum Gasteiger partial charge on any atom is 0.137 e. The Morgan fingerprint density at radius 3 is 2.85 bits per heavy atom. The number of methoxy groups -OCH3 is 1. The summed E-state index contributed by atoms with van der Waals surface area (Å²) in [6.07, 6.45) is 3.27. The number of hydrogen-bond acceptors (Lipinski definition) is 1. The number of benzene rings is 1. The molecule has 0 aromatic heterocycles. The molecule has 1 aromatic rings. The number of hydrogen-bond donors (Lipinski definition) is 0. The molecule has 1 radical (unpaired) electrons. The van der Waals surface area contributed by atoms with Gasteiger partial charge in [-0.05, 0) is 17.7 Å². The van der Waals surface area contributed by atoms with E-state index in [-0.39, 0.29) is 6.61 Å². The molecule has 0 aliphatic carbocycles. The van der Waals surface area contributed by atoms with Crippen LogP contribution in [0.15, 0.2) is 24.3 Å². The molecule has 0 fully saturated rings. The van der Waals surface area contributed by atoms with Crippen LogP contribution in [0.4, 0.5) is 0 Å². The number of rotatable bonds is 3. The molecule has 0 saturated heterocycles. The van der Waals surface area contributed by atoms with E-state index in [1.54, 1.807) is 25.3 Å². The predicted octanol–water partition coefficient (Wildman–Crippen LogP) is 2.79. The highest BCUT2D eigenvalue weighted by atomic mass is 35.5. The highest BCUT2D eigenvalue weighted by Gasteiger charge is 1.98. The third-order valence-electron chi connectivity index (χ3n) is 1.58. The molecule has 13 heavy (non-hydrogen) atoms. The van der Waals surface area contributed by atoms with Gasteiger partial charge in [0, 0.05) is 0 Å². The Hall–Kier alpha value is -0.990. The van der Waals surface area contributed by atoms with Crippen molar-refractivity contribution in [3.8, 4) is 5.75 Å². The van der Waals surface area contributed by atoms with Crippen molar-refractivity contribution in [3.05, 3.63) is 34.9 Å². The first-order chi connectivity index (χ1) is 6.27. The van der Waals surface area contributed by atoms with Crippen LogP contribution in [0.25, 0.3) is 6.08 Å². The van der Waals surface area contributed by atoms with Gasteiger partial charge in [0.25, 0.3) is 0 Å². The van der Waals surface area contributed by atoms with Gasteiger partial charge in [-0.3, -0.25) is 0 Å². The molecule has 1 rings (SSSR count). The van der Waals surface area contributed by atoms with Crippen molar-refractivity contribution < 1.29 is 9.84 Å². The van der Waals surface area contributed by atoms with Crippen LogP contribution in [0.3, 0.4) is 0 Å². The highest BCUT2D eigenvalue weighted by Crippen LogP contribution is 2.25. The quantitative estimate of drug-likeness (QED) is 0.733. The number of ether oxygens (including phenoxy) is 1. The van der Waals surface area contributed by atoms with Gasteiger partial charge in [-0.1, -0.05) is 29.8 Å². The summed E-state index contributed by atoms with van der Waals surface area (Å²) in [6, 6.07) is 5.37. The molecule has 0 unspecified atom stereocenters. The summed E-state index contributed by atoms with van der Waals surface area (Å²) in [7, 11) is 1.56. The Labute approximate surface area is 82.4 Å². The average Bonchev–Trinajstić information content (AvgIpc) is 2.15. The zero-order valence-corrected chi connectivity index (χ0v) is 8.04. The fourth-order valence-corrected chi connectivity index (χ4v) is 1.24. The second-order valence-electron chi connectivity index (χ2n) is 2.46. The lowest BCUT2D eigenvalue weighted by Gasteiger charge is -2.02. The molecule has 3 heteroatoms. The zero-order chi connectivity index (χ0) is 9.68. The minimum absolute atomic E-state index is 0.219. The minimum Gasteiger partial charge on any atom is -0.495 e. The summed E-state index contributed by atoms with van der Waals surface area (Å²) in [4.78, 5) is 0. The van der Waals surface area contributed by atoms with E-state index in [1.165, 1.54) is 6.08 Å². The van der Waals surface area contributed by atoms with E-state index in [0.29, 0.717) is 10.8 Å². The van der Waals surface area contributed by atoms with Gasteiger partial charge in [-0.2, -0.15) is 0 Å². The van der Waals surface area contributed by atoms with Crippen LogP contribution in [-0.2, 0) is 5.11 Å². The van der Waals surface area contributed by atoms with Gasteiger partial charge in [-0.25, -0.2) is 5.11 Å². The maximum atomic E-state index is 10.2.